The summed E-state index contributed by atoms with van der Waals surface area (Å²) in [5.41, 5.74) is 8.80. The van der Waals surface area contributed by atoms with Crippen LogP contribution in [0.1, 0.15) is 63.5 Å². The summed E-state index contributed by atoms with van der Waals surface area (Å²) in [6, 6.07) is 10.0. The van der Waals surface area contributed by atoms with Crippen LogP contribution in [0, 0.1) is 5.92 Å². The number of nitrogens with two attached hydrogens (primary N) is 1. The van der Waals surface area contributed by atoms with E-state index in [0.717, 1.165) is 18.4 Å². The molecule has 2 aliphatic rings. The molecule has 2 nitrogen and oxygen atoms in total. The Labute approximate surface area is 123 Å². The van der Waals surface area contributed by atoms with Gasteiger partial charge in [-0.05, 0) is 55.7 Å². The molecule has 1 saturated carbocycles. The fraction of sp³-hybridized carbons (Fsp3) is 0.667. The Balaban J connectivity index is 1.77. The molecule has 1 aliphatic heterocycles. The zero-order valence-corrected chi connectivity index (χ0v) is 12.7. The fourth-order valence-electron chi connectivity index (χ4n) is 4.09. The quantitative estimate of drug-likeness (QED) is 0.891. The monoisotopic (exact) mass is 272 g/mol. The van der Waals surface area contributed by atoms with E-state index in [9.17, 15) is 0 Å². The molecule has 1 aliphatic carbocycles. The lowest BCUT2D eigenvalue weighted by Gasteiger charge is -2.45. The molecule has 1 aromatic rings. The van der Waals surface area contributed by atoms with Crippen molar-refractivity contribution in [2.75, 3.05) is 11.4 Å². The minimum Gasteiger partial charge on any atom is -0.368 e. The summed E-state index contributed by atoms with van der Waals surface area (Å²) in [7, 11) is 0. The van der Waals surface area contributed by atoms with Crippen LogP contribution >= 0.6 is 0 Å². The molecule has 0 unspecified atom stereocenters. The highest BCUT2D eigenvalue weighted by Gasteiger charge is 2.33. The van der Waals surface area contributed by atoms with Crippen molar-refractivity contribution in [3.05, 3.63) is 29.8 Å². The van der Waals surface area contributed by atoms with Crippen LogP contribution in [0.4, 0.5) is 5.69 Å². The molecule has 1 saturated heterocycles. The minimum absolute atomic E-state index is 0.188. The Morgan fingerprint density at radius 1 is 1.10 bits per heavy atom. The van der Waals surface area contributed by atoms with Gasteiger partial charge in [-0.15, -0.1) is 0 Å². The van der Waals surface area contributed by atoms with Crippen LogP contribution in [-0.4, -0.2) is 12.6 Å². The predicted octanol–water partition coefficient (Wildman–Crippen LogP) is 4.26. The Bertz CT molecular complexity index is 424. The van der Waals surface area contributed by atoms with Gasteiger partial charge in [0.05, 0.1) is 0 Å². The van der Waals surface area contributed by atoms with Crippen LogP contribution in [0.2, 0.25) is 0 Å². The number of hydrogen-bond donors (Lipinski definition) is 1. The maximum atomic E-state index is 6.12. The second-order valence-electron chi connectivity index (χ2n) is 6.55. The number of benzene rings is 1. The first-order valence-corrected chi connectivity index (χ1v) is 8.41. The number of nitrogens with zero attached hydrogens (tertiary/aromatic N) is 1. The molecule has 3 rings (SSSR count). The van der Waals surface area contributed by atoms with Gasteiger partial charge in [0, 0.05) is 24.3 Å². The van der Waals surface area contributed by atoms with Crippen LogP contribution < -0.4 is 10.6 Å². The Morgan fingerprint density at radius 3 is 2.55 bits per heavy atom. The summed E-state index contributed by atoms with van der Waals surface area (Å²) in [5, 5.41) is 0. The van der Waals surface area contributed by atoms with E-state index >= 15 is 0 Å². The van der Waals surface area contributed by atoms with Crippen molar-refractivity contribution in [2.45, 2.75) is 64.0 Å². The Morgan fingerprint density at radius 2 is 1.80 bits per heavy atom. The first kappa shape index (κ1) is 13.9. The topological polar surface area (TPSA) is 29.3 Å². The Kier molecular flexibility index (Phi) is 4.30. The first-order chi connectivity index (χ1) is 9.79. The summed E-state index contributed by atoms with van der Waals surface area (Å²) in [4.78, 5) is 2.68. The van der Waals surface area contributed by atoms with Crippen LogP contribution in [-0.2, 0) is 0 Å². The number of hydrogen-bond acceptors (Lipinski definition) is 2. The molecule has 1 aromatic carbocycles. The molecular weight excluding hydrogens is 244 g/mol. The van der Waals surface area contributed by atoms with Gasteiger partial charge in [-0.1, -0.05) is 31.9 Å². The van der Waals surface area contributed by atoms with Gasteiger partial charge in [0.25, 0.3) is 0 Å². The van der Waals surface area contributed by atoms with E-state index in [1.807, 2.05) is 0 Å². The highest BCUT2D eigenvalue weighted by Crippen LogP contribution is 2.37. The number of anilines is 1. The van der Waals surface area contributed by atoms with E-state index in [0.29, 0.717) is 0 Å². The maximum absolute atomic E-state index is 6.12. The van der Waals surface area contributed by atoms with Crippen LogP contribution in [0.15, 0.2) is 24.3 Å². The molecule has 2 fully saturated rings. The third-order valence-electron chi connectivity index (χ3n) is 5.34. The standard InChI is InChI=1S/C18H28N2/c1-2-17(19)14-9-11-16(12-10-14)20-13-5-7-15-6-3-4-8-18(15)20/h9-12,15,17-18H,2-8,13,19H2,1H3/t15-,17+,18-/m1/s1. The molecule has 0 radical (unpaired) electrons. The van der Waals surface area contributed by atoms with Gasteiger partial charge >= 0.3 is 0 Å². The van der Waals surface area contributed by atoms with Gasteiger partial charge in [-0.3, -0.25) is 0 Å². The normalized spacial score (nSPS) is 28.0. The molecule has 110 valence electrons. The molecule has 0 spiro atoms. The molecule has 20 heavy (non-hydrogen) atoms. The van der Waals surface area contributed by atoms with E-state index < -0.39 is 0 Å². The van der Waals surface area contributed by atoms with E-state index in [1.165, 1.54) is 56.3 Å². The zero-order valence-electron chi connectivity index (χ0n) is 12.7. The summed E-state index contributed by atoms with van der Waals surface area (Å²) in [6.07, 6.45) is 9.50. The van der Waals surface area contributed by atoms with Gasteiger partial charge in [-0.25, -0.2) is 0 Å². The molecule has 1 heterocycles. The van der Waals surface area contributed by atoms with Crippen LogP contribution in [0.5, 0.6) is 0 Å². The largest absolute Gasteiger partial charge is 0.368 e. The van der Waals surface area contributed by atoms with Crippen molar-refractivity contribution in [1.29, 1.82) is 0 Å². The maximum Gasteiger partial charge on any atom is 0.0369 e. The van der Waals surface area contributed by atoms with Gasteiger partial charge in [0.1, 0.15) is 0 Å². The summed E-state index contributed by atoms with van der Waals surface area (Å²) >= 11 is 0. The smallest absolute Gasteiger partial charge is 0.0369 e. The van der Waals surface area contributed by atoms with E-state index in [4.69, 9.17) is 5.73 Å². The Hall–Kier alpha value is -1.02. The van der Waals surface area contributed by atoms with Crippen molar-refractivity contribution in [1.82, 2.24) is 0 Å². The fourth-order valence-corrected chi connectivity index (χ4v) is 4.09. The minimum atomic E-state index is 0.188. The summed E-state index contributed by atoms with van der Waals surface area (Å²) < 4.78 is 0. The molecule has 0 amide bonds. The van der Waals surface area contributed by atoms with Crippen molar-refractivity contribution in [2.24, 2.45) is 11.7 Å². The molecular formula is C18H28N2. The van der Waals surface area contributed by atoms with E-state index in [2.05, 4.69) is 36.1 Å². The summed E-state index contributed by atoms with van der Waals surface area (Å²) in [6.45, 7) is 3.39. The lowest BCUT2D eigenvalue weighted by Crippen LogP contribution is -2.46. The van der Waals surface area contributed by atoms with Crippen LogP contribution in [0.25, 0.3) is 0 Å². The molecule has 0 bridgehead atoms. The van der Waals surface area contributed by atoms with E-state index in [1.54, 1.807) is 0 Å². The summed E-state index contributed by atoms with van der Waals surface area (Å²) in [5.74, 6) is 0.940. The predicted molar refractivity (Wildman–Crippen MR) is 86.0 cm³/mol. The lowest BCUT2D eigenvalue weighted by atomic mass is 9.78. The van der Waals surface area contributed by atoms with Crippen molar-refractivity contribution < 1.29 is 0 Å². The molecule has 0 aromatic heterocycles. The SMILES string of the molecule is CC[C@H](N)c1ccc(N2CCC[C@H]3CCCC[C@H]32)cc1. The van der Waals surface area contributed by atoms with Gasteiger partial charge in [-0.2, -0.15) is 0 Å². The van der Waals surface area contributed by atoms with Gasteiger partial charge < -0.3 is 10.6 Å². The average Bonchev–Trinajstić information content (AvgIpc) is 2.54. The third kappa shape index (κ3) is 2.71. The number of rotatable bonds is 3. The first-order valence-electron chi connectivity index (χ1n) is 8.41. The second kappa shape index (κ2) is 6.17. The number of fused-ring (bicyclic) bond motifs is 1. The molecule has 3 atom stereocenters. The van der Waals surface area contributed by atoms with Crippen molar-refractivity contribution in [3.63, 3.8) is 0 Å². The second-order valence-corrected chi connectivity index (χ2v) is 6.55. The molecule has 2 N–H and O–H groups in total. The van der Waals surface area contributed by atoms with E-state index in [-0.39, 0.29) is 6.04 Å². The lowest BCUT2D eigenvalue weighted by molar-refractivity contribution is 0.244. The van der Waals surface area contributed by atoms with Crippen molar-refractivity contribution in [3.8, 4) is 0 Å². The van der Waals surface area contributed by atoms with Gasteiger partial charge in [0.2, 0.25) is 0 Å². The zero-order chi connectivity index (χ0) is 13.9. The third-order valence-corrected chi connectivity index (χ3v) is 5.34. The number of piperidine rings is 1. The highest BCUT2D eigenvalue weighted by atomic mass is 15.2. The van der Waals surface area contributed by atoms with Gasteiger partial charge in [0.15, 0.2) is 0 Å². The van der Waals surface area contributed by atoms with Crippen molar-refractivity contribution >= 4 is 5.69 Å². The average molecular weight is 272 g/mol. The van der Waals surface area contributed by atoms with Crippen LogP contribution in [0.3, 0.4) is 0 Å². The highest BCUT2D eigenvalue weighted by molar-refractivity contribution is 5.49. The molecule has 2 heteroatoms.